The maximum absolute atomic E-state index is 13.8. The number of hydrogen-bond acceptors (Lipinski definition) is 5. The molecule has 3 heterocycles. The van der Waals surface area contributed by atoms with E-state index in [2.05, 4.69) is 15.2 Å². The Balaban J connectivity index is 1.73. The molecule has 0 spiro atoms. The van der Waals surface area contributed by atoms with E-state index in [-0.39, 0.29) is 23.6 Å². The lowest BCUT2D eigenvalue weighted by atomic mass is 10.1. The molecule has 0 radical (unpaired) electrons. The van der Waals surface area contributed by atoms with Crippen molar-refractivity contribution in [3.8, 4) is 17.0 Å². The molecule has 32 heavy (non-hydrogen) atoms. The third-order valence-electron chi connectivity index (χ3n) is 4.84. The highest BCUT2D eigenvalue weighted by Crippen LogP contribution is 2.32. The predicted molar refractivity (Wildman–Crippen MR) is 109 cm³/mol. The second-order valence-corrected chi connectivity index (χ2v) is 7.19. The van der Waals surface area contributed by atoms with E-state index < -0.39 is 17.8 Å². The zero-order chi connectivity index (χ0) is 23.0. The van der Waals surface area contributed by atoms with Gasteiger partial charge in [-0.3, -0.25) is 9.48 Å². The zero-order valence-electron chi connectivity index (χ0n) is 17.5. The van der Waals surface area contributed by atoms with Gasteiger partial charge in [0.1, 0.15) is 5.75 Å². The number of aromatic nitrogens is 5. The molecule has 1 aromatic carbocycles. The summed E-state index contributed by atoms with van der Waals surface area (Å²) >= 11 is 0. The lowest BCUT2D eigenvalue weighted by molar-refractivity contribution is -0.142. The Labute approximate surface area is 180 Å². The van der Waals surface area contributed by atoms with Crippen LogP contribution in [-0.4, -0.2) is 49.3 Å². The highest BCUT2D eigenvalue weighted by Gasteiger charge is 2.36. The minimum Gasteiger partial charge on any atom is -0.497 e. The Morgan fingerprint density at radius 1 is 1.12 bits per heavy atom. The Hall–Kier alpha value is -3.89. The molecule has 0 saturated carbocycles. The highest BCUT2D eigenvalue weighted by atomic mass is 19.4. The zero-order valence-corrected chi connectivity index (χ0v) is 17.5. The van der Waals surface area contributed by atoms with Crippen molar-refractivity contribution in [2.75, 3.05) is 14.2 Å². The van der Waals surface area contributed by atoms with Crippen LogP contribution in [0.15, 0.2) is 48.7 Å². The van der Waals surface area contributed by atoms with Crippen molar-refractivity contribution in [1.82, 2.24) is 29.3 Å². The van der Waals surface area contributed by atoms with Crippen LogP contribution >= 0.6 is 0 Å². The number of fused-ring (bicyclic) bond motifs is 1. The summed E-state index contributed by atoms with van der Waals surface area (Å²) in [6, 6.07) is 10.4. The molecule has 0 aliphatic carbocycles. The number of ether oxygens (including phenoxy) is 1. The fourth-order valence-electron chi connectivity index (χ4n) is 3.25. The first-order chi connectivity index (χ1) is 15.2. The van der Waals surface area contributed by atoms with Gasteiger partial charge in [0.2, 0.25) is 0 Å². The van der Waals surface area contributed by atoms with Gasteiger partial charge in [0.25, 0.3) is 5.91 Å². The average molecular weight is 444 g/mol. The van der Waals surface area contributed by atoms with Crippen molar-refractivity contribution < 1.29 is 22.7 Å². The van der Waals surface area contributed by atoms with Crippen LogP contribution in [0.4, 0.5) is 13.2 Å². The molecule has 4 aromatic rings. The van der Waals surface area contributed by atoms with Crippen molar-refractivity contribution in [2.45, 2.75) is 12.7 Å². The van der Waals surface area contributed by atoms with Gasteiger partial charge in [-0.05, 0) is 36.4 Å². The Morgan fingerprint density at radius 3 is 2.44 bits per heavy atom. The lowest BCUT2D eigenvalue weighted by Crippen LogP contribution is -2.27. The second-order valence-electron chi connectivity index (χ2n) is 7.19. The molecule has 0 fully saturated rings. The molecule has 8 nitrogen and oxygen atoms in total. The van der Waals surface area contributed by atoms with E-state index in [0.29, 0.717) is 21.5 Å². The molecule has 11 heteroatoms. The number of amides is 1. The molecular weight excluding hydrogens is 425 g/mol. The number of carbonyl (C=O) groups excluding carboxylic acids is 1. The Morgan fingerprint density at radius 2 is 1.84 bits per heavy atom. The number of methoxy groups -OCH3 is 1. The maximum Gasteiger partial charge on any atom is 0.433 e. The van der Waals surface area contributed by atoms with E-state index >= 15 is 0 Å². The SMILES string of the molecule is COc1ccc(-c2cc(C(F)(F)F)n3nc(C(=O)N(C)Cc4ccn(C)n4)cc3n2)cc1. The van der Waals surface area contributed by atoms with Gasteiger partial charge in [0.05, 0.1) is 25.0 Å². The fraction of sp³-hybridized carbons (Fsp3) is 0.238. The number of aryl methyl sites for hydroxylation is 1. The van der Waals surface area contributed by atoms with Crippen molar-refractivity contribution >= 4 is 11.6 Å². The molecule has 3 aromatic heterocycles. The van der Waals surface area contributed by atoms with E-state index in [1.807, 2.05) is 0 Å². The van der Waals surface area contributed by atoms with Crippen LogP contribution in [0.1, 0.15) is 21.9 Å². The second kappa shape index (κ2) is 7.98. The van der Waals surface area contributed by atoms with Crippen molar-refractivity contribution in [3.05, 3.63) is 65.7 Å². The smallest absolute Gasteiger partial charge is 0.433 e. The van der Waals surface area contributed by atoms with Gasteiger partial charge >= 0.3 is 6.18 Å². The van der Waals surface area contributed by atoms with Crippen molar-refractivity contribution in [2.24, 2.45) is 7.05 Å². The third-order valence-corrected chi connectivity index (χ3v) is 4.84. The number of benzene rings is 1. The van der Waals surface area contributed by atoms with Crippen LogP contribution in [0.3, 0.4) is 0 Å². The van der Waals surface area contributed by atoms with Gasteiger partial charge in [-0.25, -0.2) is 9.50 Å². The molecule has 4 rings (SSSR count). The largest absolute Gasteiger partial charge is 0.497 e. The summed E-state index contributed by atoms with van der Waals surface area (Å²) < 4.78 is 48.7. The molecule has 0 unspecified atom stereocenters. The quantitative estimate of drug-likeness (QED) is 0.471. The van der Waals surface area contributed by atoms with Crippen LogP contribution in [0, 0.1) is 0 Å². The molecule has 0 bridgehead atoms. The number of alkyl halides is 3. The van der Waals surface area contributed by atoms with Crippen LogP contribution in [0.25, 0.3) is 16.9 Å². The minimum atomic E-state index is -4.70. The number of hydrogen-bond donors (Lipinski definition) is 0. The first-order valence-electron chi connectivity index (χ1n) is 9.52. The lowest BCUT2D eigenvalue weighted by Gasteiger charge is -2.14. The van der Waals surface area contributed by atoms with Crippen LogP contribution in [0.5, 0.6) is 5.75 Å². The Bertz CT molecular complexity index is 1280. The molecule has 0 aliphatic rings. The summed E-state index contributed by atoms with van der Waals surface area (Å²) in [5.74, 6) is 0.0272. The molecular formula is C21H19F3N6O2. The normalized spacial score (nSPS) is 11.7. The summed E-state index contributed by atoms with van der Waals surface area (Å²) in [4.78, 5) is 18.4. The molecule has 0 saturated heterocycles. The minimum absolute atomic E-state index is 0.0831. The number of halogens is 3. The predicted octanol–water partition coefficient (Wildman–Crippen LogP) is 3.43. The van der Waals surface area contributed by atoms with Gasteiger partial charge in [-0.15, -0.1) is 0 Å². The molecule has 0 N–H and O–H groups in total. The first kappa shape index (κ1) is 21.3. The topological polar surface area (TPSA) is 77.5 Å². The molecule has 166 valence electrons. The van der Waals surface area contributed by atoms with Gasteiger partial charge in [-0.1, -0.05) is 0 Å². The third kappa shape index (κ3) is 4.13. The Kier molecular flexibility index (Phi) is 5.33. The van der Waals surface area contributed by atoms with Crippen molar-refractivity contribution in [1.29, 1.82) is 0 Å². The monoisotopic (exact) mass is 444 g/mol. The van der Waals surface area contributed by atoms with Gasteiger partial charge in [-0.2, -0.15) is 23.4 Å². The van der Waals surface area contributed by atoms with Gasteiger partial charge < -0.3 is 9.64 Å². The number of carbonyl (C=O) groups is 1. The van der Waals surface area contributed by atoms with Crippen molar-refractivity contribution in [3.63, 3.8) is 0 Å². The maximum atomic E-state index is 13.8. The summed E-state index contributed by atoms with van der Waals surface area (Å²) in [6.45, 7) is 0.185. The highest BCUT2D eigenvalue weighted by molar-refractivity contribution is 5.93. The molecule has 0 aliphatic heterocycles. The van der Waals surface area contributed by atoms with E-state index in [1.54, 1.807) is 48.3 Å². The summed E-state index contributed by atoms with van der Waals surface area (Å²) in [7, 11) is 4.77. The molecule has 1 amide bonds. The van der Waals surface area contributed by atoms with Gasteiger partial charge in [0, 0.05) is 31.9 Å². The van der Waals surface area contributed by atoms with Crippen LogP contribution in [-0.2, 0) is 19.8 Å². The molecule has 0 atom stereocenters. The van der Waals surface area contributed by atoms with Gasteiger partial charge in [0.15, 0.2) is 17.0 Å². The summed E-state index contributed by atoms with van der Waals surface area (Å²) in [5, 5.41) is 8.11. The summed E-state index contributed by atoms with van der Waals surface area (Å²) in [5.41, 5.74) is -0.0373. The van der Waals surface area contributed by atoms with Crippen LogP contribution in [0.2, 0.25) is 0 Å². The van der Waals surface area contributed by atoms with Crippen LogP contribution < -0.4 is 4.74 Å². The standard InChI is InChI=1S/C21H19F3N6O2/c1-28(12-14-8-9-29(2)26-14)20(31)17-11-19-25-16(13-4-6-15(32-3)7-5-13)10-18(21(22,23)24)30(19)27-17/h4-11H,12H2,1-3H3. The van der Waals surface area contributed by atoms with E-state index in [0.717, 1.165) is 6.07 Å². The fourth-order valence-corrected chi connectivity index (χ4v) is 3.25. The van der Waals surface area contributed by atoms with E-state index in [9.17, 15) is 18.0 Å². The van der Waals surface area contributed by atoms with E-state index in [1.165, 1.54) is 25.1 Å². The summed E-state index contributed by atoms with van der Waals surface area (Å²) in [6.07, 6.45) is -2.96. The number of rotatable bonds is 5. The first-order valence-corrected chi connectivity index (χ1v) is 9.52. The van der Waals surface area contributed by atoms with E-state index in [4.69, 9.17) is 4.74 Å². The average Bonchev–Trinajstić information content (AvgIpc) is 3.37. The number of nitrogens with zero attached hydrogens (tertiary/aromatic N) is 6.